The number of aryl methyl sites for hydroxylation is 2. The predicted octanol–water partition coefficient (Wildman–Crippen LogP) is 2.65. The maximum atomic E-state index is 5.37. The average molecular weight is 266 g/mol. The number of hydrogen-bond donors (Lipinski definition) is 1. The Morgan fingerprint density at radius 2 is 1.89 bits per heavy atom. The van der Waals surface area contributed by atoms with E-state index in [2.05, 4.69) is 37.4 Å². The summed E-state index contributed by atoms with van der Waals surface area (Å²) in [5.74, 6) is 0. The molecule has 100 valence electrons. The fourth-order valence-electron chi connectivity index (χ4n) is 1.79. The van der Waals surface area contributed by atoms with Crippen LogP contribution >= 0.6 is 12.2 Å². The molecule has 0 aliphatic rings. The minimum Gasteiger partial charge on any atom is -0.385 e. The van der Waals surface area contributed by atoms with E-state index in [1.54, 1.807) is 7.11 Å². The Balaban J connectivity index is 2.57. The summed E-state index contributed by atoms with van der Waals surface area (Å²) in [5, 5.41) is 3.98. The molecule has 0 saturated carbocycles. The molecule has 0 unspecified atom stereocenters. The minimum atomic E-state index is 0.746. The van der Waals surface area contributed by atoms with Crippen LogP contribution < -0.4 is 10.2 Å². The zero-order chi connectivity index (χ0) is 13.5. The van der Waals surface area contributed by atoms with Crippen molar-refractivity contribution in [1.82, 2.24) is 5.32 Å². The van der Waals surface area contributed by atoms with Gasteiger partial charge >= 0.3 is 0 Å². The highest BCUT2D eigenvalue weighted by Crippen LogP contribution is 2.17. The van der Waals surface area contributed by atoms with Gasteiger partial charge in [-0.05, 0) is 55.7 Å². The van der Waals surface area contributed by atoms with Gasteiger partial charge in [0.05, 0.1) is 0 Å². The first-order chi connectivity index (χ1) is 8.54. The van der Waals surface area contributed by atoms with Gasteiger partial charge in [-0.1, -0.05) is 6.07 Å². The van der Waals surface area contributed by atoms with E-state index in [0.717, 1.165) is 30.4 Å². The van der Waals surface area contributed by atoms with Crippen LogP contribution in [0, 0.1) is 13.8 Å². The highest BCUT2D eigenvalue weighted by Gasteiger charge is 2.07. The Hall–Kier alpha value is -1.13. The Bertz CT molecular complexity index is 387. The van der Waals surface area contributed by atoms with Gasteiger partial charge in [-0.25, -0.2) is 0 Å². The molecule has 1 rings (SSSR count). The van der Waals surface area contributed by atoms with Crippen LogP contribution in [0.3, 0.4) is 0 Å². The number of anilines is 1. The molecule has 4 heteroatoms. The number of hydrogen-bond acceptors (Lipinski definition) is 2. The van der Waals surface area contributed by atoms with Crippen molar-refractivity contribution in [2.24, 2.45) is 0 Å². The third-order valence-electron chi connectivity index (χ3n) is 2.70. The minimum absolute atomic E-state index is 0.746. The smallest absolute Gasteiger partial charge is 0.173 e. The van der Waals surface area contributed by atoms with Crippen molar-refractivity contribution in [2.45, 2.75) is 20.3 Å². The Morgan fingerprint density at radius 1 is 1.28 bits per heavy atom. The van der Waals surface area contributed by atoms with Gasteiger partial charge in [-0.2, -0.15) is 0 Å². The molecule has 1 N–H and O–H groups in total. The van der Waals surface area contributed by atoms with Crippen molar-refractivity contribution < 1.29 is 4.74 Å². The van der Waals surface area contributed by atoms with Gasteiger partial charge in [0.1, 0.15) is 0 Å². The lowest BCUT2D eigenvalue weighted by Crippen LogP contribution is -2.37. The van der Waals surface area contributed by atoms with Crippen LogP contribution in [0.1, 0.15) is 17.5 Å². The molecule has 0 heterocycles. The molecular weight excluding hydrogens is 244 g/mol. The largest absolute Gasteiger partial charge is 0.385 e. The molecule has 0 spiro atoms. The predicted molar refractivity (Wildman–Crippen MR) is 81.4 cm³/mol. The number of nitrogens with one attached hydrogen (secondary N) is 1. The molecule has 0 saturated heterocycles. The zero-order valence-electron chi connectivity index (χ0n) is 11.6. The molecule has 3 nitrogen and oxygen atoms in total. The van der Waals surface area contributed by atoms with E-state index in [1.807, 2.05) is 11.9 Å². The van der Waals surface area contributed by atoms with Crippen LogP contribution in [0.25, 0.3) is 0 Å². The summed E-state index contributed by atoms with van der Waals surface area (Å²) in [6, 6.07) is 6.43. The lowest BCUT2D eigenvalue weighted by molar-refractivity contribution is 0.195. The lowest BCUT2D eigenvalue weighted by atomic mass is 10.1. The van der Waals surface area contributed by atoms with Crippen LogP contribution in [0.4, 0.5) is 5.69 Å². The van der Waals surface area contributed by atoms with Crippen molar-refractivity contribution in [2.75, 3.05) is 32.2 Å². The second-order valence-electron chi connectivity index (χ2n) is 4.48. The van der Waals surface area contributed by atoms with Gasteiger partial charge in [-0.3, -0.25) is 0 Å². The van der Waals surface area contributed by atoms with E-state index in [4.69, 9.17) is 17.0 Å². The summed E-state index contributed by atoms with van der Waals surface area (Å²) in [6.45, 7) is 5.78. The summed E-state index contributed by atoms with van der Waals surface area (Å²) in [6.07, 6.45) is 0.956. The molecule has 0 radical (unpaired) electrons. The van der Waals surface area contributed by atoms with Gasteiger partial charge < -0.3 is 15.0 Å². The highest BCUT2D eigenvalue weighted by molar-refractivity contribution is 7.80. The van der Waals surface area contributed by atoms with Gasteiger partial charge in [0.15, 0.2) is 5.11 Å². The number of nitrogens with zero attached hydrogens (tertiary/aromatic N) is 1. The van der Waals surface area contributed by atoms with Crippen molar-refractivity contribution in [3.63, 3.8) is 0 Å². The normalized spacial score (nSPS) is 10.2. The first-order valence-electron chi connectivity index (χ1n) is 6.13. The van der Waals surface area contributed by atoms with E-state index in [9.17, 15) is 0 Å². The monoisotopic (exact) mass is 266 g/mol. The SMILES string of the molecule is COCCCNC(=S)N(C)c1cc(C)cc(C)c1. The summed E-state index contributed by atoms with van der Waals surface area (Å²) in [4.78, 5) is 2.00. The number of ether oxygens (including phenoxy) is 1. The van der Waals surface area contributed by atoms with Crippen molar-refractivity contribution in [3.05, 3.63) is 29.3 Å². The molecule has 0 atom stereocenters. The summed E-state index contributed by atoms with van der Waals surface area (Å²) in [7, 11) is 3.69. The third kappa shape index (κ3) is 4.63. The van der Waals surface area contributed by atoms with E-state index < -0.39 is 0 Å². The van der Waals surface area contributed by atoms with Crippen molar-refractivity contribution in [1.29, 1.82) is 0 Å². The molecule has 0 amide bonds. The molecule has 1 aromatic rings. The fourth-order valence-corrected chi connectivity index (χ4v) is 2.00. The summed E-state index contributed by atoms with van der Waals surface area (Å²) >= 11 is 5.37. The number of methoxy groups -OCH3 is 1. The van der Waals surface area contributed by atoms with E-state index in [-0.39, 0.29) is 0 Å². The topological polar surface area (TPSA) is 24.5 Å². The molecule has 18 heavy (non-hydrogen) atoms. The molecule has 0 fully saturated rings. The van der Waals surface area contributed by atoms with Gasteiger partial charge in [0.2, 0.25) is 0 Å². The molecule has 0 aliphatic heterocycles. The molecule has 0 aromatic heterocycles. The van der Waals surface area contributed by atoms with Crippen LogP contribution in [0.5, 0.6) is 0 Å². The van der Waals surface area contributed by atoms with E-state index in [1.165, 1.54) is 11.1 Å². The van der Waals surface area contributed by atoms with Crippen LogP contribution in [-0.2, 0) is 4.74 Å². The number of rotatable bonds is 5. The maximum absolute atomic E-state index is 5.37. The van der Waals surface area contributed by atoms with Gasteiger partial charge in [-0.15, -0.1) is 0 Å². The first-order valence-corrected chi connectivity index (χ1v) is 6.54. The fraction of sp³-hybridized carbons (Fsp3) is 0.500. The Labute approximate surface area is 115 Å². The van der Waals surface area contributed by atoms with Crippen LogP contribution in [0.2, 0.25) is 0 Å². The molecular formula is C14H22N2OS. The van der Waals surface area contributed by atoms with E-state index in [0.29, 0.717) is 0 Å². The standard InChI is InChI=1S/C14H22N2OS/c1-11-8-12(2)10-13(9-11)16(3)14(18)15-6-5-7-17-4/h8-10H,5-7H2,1-4H3,(H,15,18). The third-order valence-corrected chi connectivity index (χ3v) is 3.12. The van der Waals surface area contributed by atoms with Crippen LogP contribution in [-0.4, -0.2) is 32.4 Å². The van der Waals surface area contributed by atoms with Gasteiger partial charge in [0, 0.05) is 33.0 Å². The summed E-state index contributed by atoms with van der Waals surface area (Å²) < 4.78 is 5.00. The second kappa shape index (κ2) is 7.34. The van der Waals surface area contributed by atoms with Crippen molar-refractivity contribution >= 4 is 23.0 Å². The Kier molecular flexibility index (Phi) is 6.09. The summed E-state index contributed by atoms with van der Waals surface area (Å²) in [5.41, 5.74) is 3.62. The quantitative estimate of drug-likeness (QED) is 0.654. The number of thiocarbonyl (C=S) groups is 1. The average Bonchev–Trinajstić information content (AvgIpc) is 2.32. The zero-order valence-corrected chi connectivity index (χ0v) is 12.4. The molecule has 0 aliphatic carbocycles. The maximum Gasteiger partial charge on any atom is 0.173 e. The van der Waals surface area contributed by atoms with E-state index >= 15 is 0 Å². The molecule has 1 aromatic carbocycles. The van der Waals surface area contributed by atoms with Crippen molar-refractivity contribution in [3.8, 4) is 0 Å². The molecule has 0 bridgehead atoms. The number of benzene rings is 1. The van der Waals surface area contributed by atoms with Crippen LogP contribution in [0.15, 0.2) is 18.2 Å². The second-order valence-corrected chi connectivity index (χ2v) is 4.87. The lowest BCUT2D eigenvalue weighted by Gasteiger charge is -2.22. The first kappa shape index (κ1) is 14.9. The Morgan fingerprint density at radius 3 is 2.44 bits per heavy atom. The van der Waals surface area contributed by atoms with Gasteiger partial charge in [0.25, 0.3) is 0 Å². The highest BCUT2D eigenvalue weighted by atomic mass is 32.1.